The van der Waals surface area contributed by atoms with Crippen molar-refractivity contribution < 1.29 is 28.5 Å². The van der Waals surface area contributed by atoms with Crippen LogP contribution in [-0.4, -0.2) is 24.1 Å². The summed E-state index contributed by atoms with van der Waals surface area (Å²) in [5.74, 6) is 0. The zero-order valence-electron chi connectivity index (χ0n) is 22.8. The van der Waals surface area contributed by atoms with Gasteiger partial charge in [0.1, 0.15) is 6.54 Å². The van der Waals surface area contributed by atoms with Crippen molar-refractivity contribution in [3.63, 3.8) is 0 Å². The van der Waals surface area contributed by atoms with E-state index in [0.29, 0.717) is 0 Å². The Bertz CT molecular complexity index is 460. The summed E-state index contributed by atoms with van der Waals surface area (Å²) in [5.41, 5.74) is 1.55. The minimum Gasteiger partial charge on any atom is -1.00 e. The summed E-state index contributed by atoms with van der Waals surface area (Å²) in [4.78, 5) is 0. The van der Waals surface area contributed by atoms with Crippen LogP contribution >= 0.6 is 0 Å². The van der Waals surface area contributed by atoms with Crippen LogP contribution in [0.15, 0.2) is 30.3 Å². The lowest BCUT2D eigenvalue weighted by atomic mass is 10.0. The van der Waals surface area contributed by atoms with E-state index in [1.165, 1.54) is 146 Å². The average Bonchev–Trinajstić information content (AvgIpc) is 2.81. The molecular weight excluding hydrogens is 513 g/mol. The van der Waals surface area contributed by atoms with Gasteiger partial charge in [0, 0.05) is 5.56 Å². The highest BCUT2D eigenvalue weighted by Crippen LogP contribution is 2.22. The van der Waals surface area contributed by atoms with E-state index >= 15 is 0 Å². The van der Waals surface area contributed by atoms with Crippen LogP contribution < -0.4 is 24.0 Å². The molecule has 0 spiro atoms. The molecular formula is C31H58IN. The fourth-order valence-electron chi connectivity index (χ4n) is 5.23. The van der Waals surface area contributed by atoms with Crippen LogP contribution in [0.2, 0.25) is 0 Å². The molecule has 0 N–H and O–H groups in total. The van der Waals surface area contributed by atoms with E-state index in [0.717, 1.165) is 0 Å². The summed E-state index contributed by atoms with van der Waals surface area (Å²) in [6.45, 7) is 12.4. The van der Waals surface area contributed by atoms with Gasteiger partial charge in [-0.2, -0.15) is 0 Å². The van der Waals surface area contributed by atoms with Gasteiger partial charge in [0.05, 0.1) is 19.6 Å². The van der Waals surface area contributed by atoms with E-state index in [2.05, 4.69) is 51.1 Å². The van der Waals surface area contributed by atoms with Gasteiger partial charge in [-0.1, -0.05) is 128 Å². The summed E-state index contributed by atoms with van der Waals surface area (Å²) in [5, 5.41) is 0. The van der Waals surface area contributed by atoms with E-state index in [4.69, 9.17) is 0 Å². The van der Waals surface area contributed by atoms with Crippen molar-refractivity contribution in [2.45, 2.75) is 143 Å². The third kappa shape index (κ3) is 17.9. The van der Waals surface area contributed by atoms with Crippen LogP contribution in [0.5, 0.6) is 0 Å². The number of quaternary nitrogens is 1. The summed E-state index contributed by atoms with van der Waals surface area (Å²) in [7, 11) is 0. The van der Waals surface area contributed by atoms with E-state index in [1.807, 2.05) is 0 Å². The van der Waals surface area contributed by atoms with Gasteiger partial charge in [-0.15, -0.1) is 0 Å². The smallest absolute Gasteiger partial charge is 0.104 e. The fraction of sp³-hybridized carbons (Fsp3) is 0.806. The predicted octanol–water partition coefficient (Wildman–Crippen LogP) is 7.09. The molecule has 0 aliphatic carbocycles. The Kier molecular flexibility index (Phi) is 23.6. The van der Waals surface area contributed by atoms with Crippen molar-refractivity contribution in [3.8, 4) is 0 Å². The lowest BCUT2D eigenvalue weighted by Crippen LogP contribution is -3.00. The Balaban J connectivity index is 0.0000102. The zero-order chi connectivity index (χ0) is 23.2. The third-order valence-corrected chi connectivity index (χ3v) is 7.32. The minimum atomic E-state index is 0. The number of hydrogen-bond donors (Lipinski definition) is 0. The van der Waals surface area contributed by atoms with E-state index in [1.54, 1.807) is 5.56 Å². The average molecular weight is 572 g/mol. The lowest BCUT2D eigenvalue weighted by Gasteiger charge is -2.39. The van der Waals surface area contributed by atoms with Crippen molar-refractivity contribution in [2.75, 3.05) is 19.6 Å². The molecule has 0 heterocycles. The van der Waals surface area contributed by atoms with Gasteiger partial charge in [0.15, 0.2) is 0 Å². The molecule has 1 nitrogen and oxygen atoms in total. The standard InChI is InChI=1S/C31H58N.HI/c1-4-7-10-13-16-22-27-32(28-23-17-14-11-8-5-2,29-24-18-15-12-9-6-3)30-31-25-20-19-21-26-31;/h19-21,25-26H,4-18,22-24,27-30H2,1-3H3;1H/q+1;/p-1. The molecule has 0 saturated carbocycles. The maximum Gasteiger partial charge on any atom is 0.104 e. The predicted molar refractivity (Wildman–Crippen MR) is 145 cm³/mol. The third-order valence-electron chi connectivity index (χ3n) is 7.32. The number of rotatable bonds is 23. The Hall–Kier alpha value is -0.0900. The number of benzene rings is 1. The van der Waals surface area contributed by atoms with Crippen LogP contribution in [0.3, 0.4) is 0 Å². The second-order valence-corrected chi connectivity index (χ2v) is 10.5. The first kappa shape index (κ1) is 32.9. The Morgan fingerprint density at radius 1 is 0.455 bits per heavy atom. The van der Waals surface area contributed by atoms with Crippen molar-refractivity contribution in [1.82, 2.24) is 0 Å². The topological polar surface area (TPSA) is 0 Å². The first-order valence-corrected chi connectivity index (χ1v) is 14.7. The molecule has 0 unspecified atom stereocenters. The molecule has 1 aromatic carbocycles. The normalized spacial score (nSPS) is 11.5. The summed E-state index contributed by atoms with van der Waals surface area (Å²) >= 11 is 0. The number of nitrogens with zero attached hydrogens (tertiary/aromatic N) is 1. The Labute approximate surface area is 226 Å². The number of unbranched alkanes of at least 4 members (excludes halogenated alkanes) is 15. The van der Waals surface area contributed by atoms with Gasteiger partial charge in [0.2, 0.25) is 0 Å². The van der Waals surface area contributed by atoms with Gasteiger partial charge in [0.25, 0.3) is 0 Å². The molecule has 0 radical (unpaired) electrons. The first-order valence-electron chi connectivity index (χ1n) is 14.7. The summed E-state index contributed by atoms with van der Waals surface area (Å²) in [6.07, 6.45) is 25.5. The number of halogens is 1. The minimum absolute atomic E-state index is 0. The van der Waals surface area contributed by atoms with E-state index in [-0.39, 0.29) is 24.0 Å². The Morgan fingerprint density at radius 2 is 0.788 bits per heavy atom. The molecule has 1 aromatic rings. The van der Waals surface area contributed by atoms with Crippen molar-refractivity contribution in [1.29, 1.82) is 0 Å². The zero-order valence-corrected chi connectivity index (χ0v) is 24.9. The summed E-state index contributed by atoms with van der Waals surface area (Å²) < 4.78 is 1.35. The largest absolute Gasteiger partial charge is 1.00 e. The quantitative estimate of drug-likeness (QED) is 0.0748. The summed E-state index contributed by atoms with van der Waals surface area (Å²) in [6, 6.07) is 11.4. The second-order valence-electron chi connectivity index (χ2n) is 10.5. The maximum atomic E-state index is 2.37. The SMILES string of the molecule is CCCCCCCC[N+](CCCCCCCC)(CCCCCCCC)Cc1ccccc1.[I-]. The Morgan fingerprint density at radius 3 is 1.15 bits per heavy atom. The molecule has 194 valence electrons. The van der Waals surface area contributed by atoms with Crippen LogP contribution in [0, 0.1) is 0 Å². The van der Waals surface area contributed by atoms with Gasteiger partial charge in [-0.25, -0.2) is 0 Å². The molecule has 0 bridgehead atoms. The van der Waals surface area contributed by atoms with Crippen molar-refractivity contribution in [3.05, 3.63) is 35.9 Å². The molecule has 0 aliphatic rings. The highest BCUT2D eigenvalue weighted by Gasteiger charge is 2.26. The maximum absolute atomic E-state index is 2.37. The molecule has 2 heteroatoms. The van der Waals surface area contributed by atoms with Crippen LogP contribution in [0.25, 0.3) is 0 Å². The molecule has 33 heavy (non-hydrogen) atoms. The second kappa shape index (κ2) is 23.6. The lowest BCUT2D eigenvalue weighted by molar-refractivity contribution is -0.941. The highest BCUT2D eigenvalue weighted by molar-refractivity contribution is 5.13. The van der Waals surface area contributed by atoms with Crippen molar-refractivity contribution >= 4 is 0 Å². The van der Waals surface area contributed by atoms with E-state index in [9.17, 15) is 0 Å². The van der Waals surface area contributed by atoms with Gasteiger partial charge in [-0.05, 0) is 38.5 Å². The molecule has 0 saturated heterocycles. The molecule has 0 aliphatic heterocycles. The van der Waals surface area contributed by atoms with Crippen molar-refractivity contribution in [2.24, 2.45) is 0 Å². The molecule has 1 rings (SSSR count). The molecule has 0 amide bonds. The highest BCUT2D eigenvalue weighted by atomic mass is 127. The fourth-order valence-corrected chi connectivity index (χ4v) is 5.23. The first-order chi connectivity index (χ1) is 15.8. The van der Waals surface area contributed by atoms with Gasteiger partial charge < -0.3 is 28.5 Å². The van der Waals surface area contributed by atoms with Gasteiger partial charge >= 0.3 is 0 Å². The van der Waals surface area contributed by atoms with Crippen LogP contribution in [0.1, 0.15) is 142 Å². The molecule has 0 atom stereocenters. The number of hydrogen-bond acceptors (Lipinski definition) is 0. The molecule has 0 aromatic heterocycles. The van der Waals surface area contributed by atoms with Crippen LogP contribution in [0.4, 0.5) is 0 Å². The molecule has 0 fully saturated rings. The van der Waals surface area contributed by atoms with Gasteiger partial charge in [-0.3, -0.25) is 0 Å². The van der Waals surface area contributed by atoms with Crippen LogP contribution in [-0.2, 0) is 6.54 Å². The monoisotopic (exact) mass is 571 g/mol. The van der Waals surface area contributed by atoms with E-state index < -0.39 is 0 Å².